The molecular formula is C12H20N4. The van der Waals surface area contributed by atoms with Crippen LogP contribution in [-0.4, -0.2) is 42.6 Å². The van der Waals surface area contributed by atoms with Gasteiger partial charge in [0.25, 0.3) is 0 Å². The van der Waals surface area contributed by atoms with Crippen LogP contribution in [-0.2, 0) is 6.54 Å². The predicted molar refractivity (Wildman–Crippen MR) is 66.4 cm³/mol. The smallest absolute Gasteiger partial charge is 0.0601 e. The number of likely N-dealkylation sites (N-methyl/N-ethyl adjacent to an activating group) is 1. The molecular weight excluding hydrogens is 200 g/mol. The molecule has 1 aliphatic heterocycles. The number of hydrogen-bond acceptors (Lipinski definition) is 4. The van der Waals surface area contributed by atoms with Gasteiger partial charge >= 0.3 is 0 Å². The number of hydrogen-bond donors (Lipinski definition) is 1. The summed E-state index contributed by atoms with van der Waals surface area (Å²) in [5, 5.41) is 0. The molecule has 1 atom stereocenters. The Hall–Kier alpha value is -1.13. The van der Waals surface area contributed by atoms with Gasteiger partial charge in [0, 0.05) is 38.4 Å². The van der Waals surface area contributed by atoms with E-state index in [9.17, 15) is 0 Å². The molecule has 0 spiro atoms. The summed E-state index contributed by atoms with van der Waals surface area (Å²) in [7, 11) is 2.17. The van der Waals surface area contributed by atoms with Crippen LogP contribution in [0, 0.1) is 0 Å². The molecule has 16 heavy (non-hydrogen) atoms. The van der Waals surface area contributed by atoms with Gasteiger partial charge in [-0.25, -0.2) is 0 Å². The van der Waals surface area contributed by atoms with Crippen LogP contribution in [0.25, 0.3) is 0 Å². The fraction of sp³-hybridized carbons (Fsp3) is 0.583. The minimum atomic E-state index is 0.522. The molecule has 0 aromatic carbocycles. The molecule has 0 amide bonds. The van der Waals surface area contributed by atoms with E-state index < -0.39 is 0 Å². The Bertz CT molecular complexity index is 353. The number of aromatic nitrogens is 1. The molecule has 1 aromatic heterocycles. The molecule has 0 saturated carbocycles. The molecule has 4 heteroatoms. The van der Waals surface area contributed by atoms with E-state index in [-0.39, 0.29) is 0 Å². The maximum absolute atomic E-state index is 5.77. The third-order valence-electron chi connectivity index (χ3n) is 3.25. The fourth-order valence-electron chi connectivity index (χ4n) is 2.34. The van der Waals surface area contributed by atoms with E-state index in [4.69, 9.17) is 5.73 Å². The van der Waals surface area contributed by atoms with E-state index in [2.05, 4.69) is 28.8 Å². The van der Waals surface area contributed by atoms with Crippen molar-refractivity contribution in [1.29, 1.82) is 0 Å². The highest BCUT2D eigenvalue weighted by Crippen LogP contribution is 2.23. The van der Waals surface area contributed by atoms with Crippen molar-refractivity contribution in [2.75, 3.05) is 31.6 Å². The summed E-state index contributed by atoms with van der Waals surface area (Å²) in [4.78, 5) is 8.98. The van der Waals surface area contributed by atoms with Crippen molar-refractivity contribution in [2.45, 2.75) is 19.5 Å². The van der Waals surface area contributed by atoms with E-state index in [0.717, 1.165) is 19.6 Å². The van der Waals surface area contributed by atoms with E-state index in [1.54, 1.807) is 0 Å². The minimum Gasteiger partial charge on any atom is -0.365 e. The number of nitrogens with two attached hydrogens (primary N) is 1. The SMILES string of the molecule is CC1CN(C)CCN1c1cnccc1CN. The molecule has 88 valence electrons. The van der Waals surface area contributed by atoms with Gasteiger partial charge in [-0.05, 0) is 25.6 Å². The van der Waals surface area contributed by atoms with Crippen LogP contribution in [0.2, 0.25) is 0 Å². The molecule has 4 nitrogen and oxygen atoms in total. The first kappa shape index (κ1) is 11.4. The minimum absolute atomic E-state index is 0.522. The zero-order valence-corrected chi connectivity index (χ0v) is 10.1. The zero-order valence-electron chi connectivity index (χ0n) is 10.1. The first-order valence-corrected chi connectivity index (χ1v) is 5.80. The highest BCUT2D eigenvalue weighted by atomic mass is 15.3. The Balaban J connectivity index is 2.23. The lowest BCUT2D eigenvalue weighted by Crippen LogP contribution is -2.50. The van der Waals surface area contributed by atoms with E-state index >= 15 is 0 Å². The number of nitrogens with zero attached hydrogens (tertiary/aromatic N) is 3. The van der Waals surface area contributed by atoms with Gasteiger partial charge in [0.1, 0.15) is 0 Å². The third kappa shape index (κ3) is 2.18. The van der Waals surface area contributed by atoms with Gasteiger partial charge in [-0.15, -0.1) is 0 Å². The molecule has 1 aliphatic rings. The highest BCUT2D eigenvalue weighted by Gasteiger charge is 2.23. The number of rotatable bonds is 2. The van der Waals surface area contributed by atoms with Gasteiger partial charge in [-0.3, -0.25) is 4.98 Å². The highest BCUT2D eigenvalue weighted by molar-refractivity contribution is 5.52. The second-order valence-corrected chi connectivity index (χ2v) is 4.51. The van der Waals surface area contributed by atoms with Gasteiger partial charge in [0.15, 0.2) is 0 Å². The summed E-state index contributed by atoms with van der Waals surface area (Å²) >= 11 is 0. The first-order valence-electron chi connectivity index (χ1n) is 5.80. The maximum atomic E-state index is 5.77. The second kappa shape index (κ2) is 4.80. The Labute approximate surface area is 97.1 Å². The zero-order chi connectivity index (χ0) is 11.5. The lowest BCUT2D eigenvalue weighted by atomic mass is 10.1. The van der Waals surface area contributed by atoms with E-state index in [1.807, 2.05) is 18.5 Å². The third-order valence-corrected chi connectivity index (χ3v) is 3.25. The van der Waals surface area contributed by atoms with Crippen molar-refractivity contribution in [3.8, 4) is 0 Å². The Morgan fingerprint density at radius 1 is 1.50 bits per heavy atom. The predicted octanol–water partition coefficient (Wildman–Crippen LogP) is 0.681. The van der Waals surface area contributed by atoms with Crippen molar-refractivity contribution in [1.82, 2.24) is 9.88 Å². The van der Waals surface area contributed by atoms with Crippen molar-refractivity contribution in [3.63, 3.8) is 0 Å². The normalized spacial score (nSPS) is 22.4. The fourth-order valence-corrected chi connectivity index (χ4v) is 2.34. The topological polar surface area (TPSA) is 45.4 Å². The number of anilines is 1. The maximum Gasteiger partial charge on any atom is 0.0601 e. The summed E-state index contributed by atoms with van der Waals surface area (Å²) in [5.41, 5.74) is 8.15. The summed E-state index contributed by atoms with van der Waals surface area (Å²) in [6.45, 7) is 6.08. The number of piperazine rings is 1. The quantitative estimate of drug-likeness (QED) is 0.796. The molecule has 1 aromatic rings. The van der Waals surface area contributed by atoms with Crippen LogP contribution >= 0.6 is 0 Å². The summed E-state index contributed by atoms with van der Waals surface area (Å²) < 4.78 is 0. The van der Waals surface area contributed by atoms with Crippen LogP contribution in [0.1, 0.15) is 12.5 Å². The molecule has 1 fully saturated rings. The van der Waals surface area contributed by atoms with Crippen molar-refractivity contribution in [2.24, 2.45) is 5.73 Å². The summed E-state index contributed by atoms with van der Waals surface area (Å²) in [5.74, 6) is 0. The van der Waals surface area contributed by atoms with E-state index in [0.29, 0.717) is 12.6 Å². The molecule has 0 radical (unpaired) electrons. The van der Waals surface area contributed by atoms with Crippen molar-refractivity contribution in [3.05, 3.63) is 24.0 Å². The van der Waals surface area contributed by atoms with Crippen LogP contribution in [0.4, 0.5) is 5.69 Å². The van der Waals surface area contributed by atoms with Crippen LogP contribution in [0.3, 0.4) is 0 Å². The Morgan fingerprint density at radius 3 is 3.00 bits per heavy atom. The first-order chi connectivity index (χ1) is 7.72. The lowest BCUT2D eigenvalue weighted by Gasteiger charge is -2.40. The van der Waals surface area contributed by atoms with Crippen LogP contribution in [0.15, 0.2) is 18.5 Å². The Morgan fingerprint density at radius 2 is 2.31 bits per heavy atom. The molecule has 0 aliphatic carbocycles. The largest absolute Gasteiger partial charge is 0.365 e. The average Bonchev–Trinajstić information content (AvgIpc) is 2.29. The standard InChI is InChI=1S/C12H20N4/c1-10-9-15(2)5-6-16(10)12-8-14-4-3-11(12)7-13/h3-4,8,10H,5-7,9,13H2,1-2H3. The lowest BCUT2D eigenvalue weighted by molar-refractivity contribution is 0.275. The monoisotopic (exact) mass is 220 g/mol. The van der Waals surface area contributed by atoms with Gasteiger partial charge in [-0.2, -0.15) is 0 Å². The number of pyridine rings is 1. The molecule has 2 rings (SSSR count). The van der Waals surface area contributed by atoms with Gasteiger partial charge in [-0.1, -0.05) is 0 Å². The van der Waals surface area contributed by atoms with Crippen molar-refractivity contribution >= 4 is 5.69 Å². The van der Waals surface area contributed by atoms with Crippen molar-refractivity contribution < 1.29 is 0 Å². The van der Waals surface area contributed by atoms with E-state index in [1.165, 1.54) is 11.3 Å². The van der Waals surface area contributed by atoms with Gasteiger partial charge in [0.2, 0.25) is 0 Å². The second-order valence-electron chi connectivity index (χ2n) is 4.51. The van der Waals surface area contributed by atoms with Gasteiger partial charge < -0.3 is 15.5 Å². The molecule has 2 N–H and O–H groups in total. The molecule has 1 unspecified atom stereocenters. The van der Waals surface area contributed by atoms with Gasteiger partial charge in [0.05, 0.1) is 11.9 Å². The van der Waals surface area contributed by atoms with Crippen LogP contribution in [0.5, 0.6) is 0 Å². The average molecular weight is 220 g/mol. The molecule has 0 bridgehead atoms. The van der Waals surface area contributed by atoms with Crippen LogP contribution < -0.4 is 10.6 Å². The summed E-state index contributed by atoms with van der Waals surface area (Å²) in [6.07, 6.45) is 3.75. The summed E-state index contributed by atoms with van der Waals surface area (Å²) in [6, 6.07) is 2.54. The molecule has 2 heterocycles. The molecule has 1 saturated heterocycles. The Kier molecular flexibility index (Phi) is 3.41.